The number of primary amides is 1. The molecule has 3 aromatic carbocycles. The lowest BCUT2D eigenvalue weighted by molar-refractivity contribution is -0.118. The summed E-state index contributed by atoms with van der Waals surface area (Å²) in [5.74, 6) is -0.380. The lowest BCUT2D eigenvalue weighted by Gasteiger charge is -2.10. The molecule has 34 heavy (non-hydrogen) atoms. The van der Waals surface area contributed by atoms with Crippen LogP contribution in [0.5, 0.6) is 5.75 Å². The van der Waals surface area contributed by atoms with Gasteiger partial charge in [-0.05, 0) is 57.2 Å². The summed E-state index contributed by atoms with van der Waals surface area (Å²) in [6, 6.07) is 25.7. The van der Waals surface area contributed by atoms with Gasteiger partial charge in [0.2, 0.25) is 0 Å². The van der Waals surface area contributed by atoms with Crippen LogP contribution in [-0.4, -0.2) is 18.4 Å². The maximum Gasteiger partial charge on any atom is 0.262 e. The van der Waals surface area contributed by atoms with Crippen LogP contribution in [0.25, 0.3) is 11.1 Å². The zero-order chi connectivity index (χ0) is 24.1. The van der Waals surface area contributed by atoms with Gasteiger partial charge in [0.1, 0.15) is 10.8 Å². The number of hydrogen-bond acceptors (Lipinski definition) is 4. The molecule has 2 amide bonds. The number of carbonyl (C=O) groups excluding carboxylic acids is 2. The number of thiophene rings is 1. The standard InChI is InChI=1S/C27H23BrN2O3S/c1-17-23(14-18-8-4-2-5-9-18)34-27(25(17)26(29)32)30-24(31)16-33-22-13-12-20(15-21(22)28)19-10-6-3-7-11-19/h2-13,15H,14,16H2,1H3,(H2,29,32)(H,30,31). The highest BCUT2D eigenvalue weighted by Gasteiger charge is 2.21. The van der Waals surface area contributed by atoms with Crippen LogP contribution in [0.4, 0.5) is 5.00 Å². The van der Waals surface area contributed by atoms with E-state index in [2.05, 4.69) is 21.2 Å². The quantitative estimate of drug-likeness (QED) is 0.282. The Morgan fingerprint density at radius 1 is 0.971 bits per heavy atom. The summed E-state index contributed by atoms with van der Waals surface area (Å²) in [7, 11) is 0. The summed E-state index contributed by atoms with van der Waals surface area (Å²) in [6.45, 7) is 1.65. The van der Waals surface area contributed by atoms with Gasteiger partial charge < -0.3 is 15.8 Å². The Morgan fingerprint density at radius 2 is 1.65 bits per heavy atom. The van der Waals surface area contributed by atoms with Gasteiger partial charge in [-0.25, -0.2) is 0 Å². The van der Waals surface area contributed by atoms with Gasteiger partial charge >= 0.3 is 0 Å². The highest BCUT2D eigenvalue weighted by Crippen LogP contribution is 2.35. The number of halogens is 1. The maximum atomic E-state index is 12.6. The van der Waals surface area contributed by atoms with Gasteiger partial charge in [0.15, 0.2) is 6.61 Å². The molecule has 0 unspecified atom stereocenters. The third-order valence-electron chi connectivity index (χ3n) is 5.35. The van der Waals surface area contributed by atoms with E-state index in [1.807, 2.05) is 85.8 Å². The molecule has 5 nitrogen and oxygen atoms in total. The van der Waals surface area contributed by atoms with Crippen LogP contribution in [-0.2, 0) is 11.2 Å². The summed E-state index contributed by atoms with van der Waals surface area (Å²) >= 11 is 4.89. The molecule has 1 heterocycles. The van der Waals surface area contributed by atoms with Crippen molar-refractivity contribution in [3.05, 3.63) is 105 Å². The Labute approximate surface area is 210 Å². The van der Waals surface area contributed by atoms with E-state index in [4.69, 9.17) is 10.5 Å². The Kier molecular flexibility index (Phi) is 7.45. The lowest BCUT2D eigenvalue weighted by Crippen LogP contribution is -2.22. The molecule has 4 aromatic rings. The molecule has 1 aromatic heterocycles. The summed E-state index contributed by atoms with van der Waals surface area (Å²) in [5.41, 5.74) is 10.0. The van der Waals surface area contributed by atoms with Crippen LogP contribution >= 0.6 is 27.3 Å². The highest BCUT2D eigenvalue weighted by molar-refractivity contribution is 9.10. The molecule has 0 saturated carbocycles. The van der Waals surface area contributed by atoms with Gasteiger partial charge in [-0.1, -0.05) is 66.7 Å². The minimum absolute atomic E-state index is 0.202. The van der Waals surface area contributed by atoms with Crippen LogP contribution in [0.3, 0.4) is 0 Å². The minimum atomic E-state index is -0.566. The largest absolute Gasteiger partial charge is 0.483 e. The fourth-order valence-electron chi connectivity index (χ4n) is 3.63. The van der Waals surface area contributed by atoms with Gasteiger partial charge in [0.05, 0.1) is 10.0 Å². The fourth-order valence-corrected chi connectivity index (χ4v) is 5.38. The van der Waals surface area contributed by atoms with Crippen molar-refractivity contribution in [2.24, 2.45) is 5.73 Å². The van der Waals surface area contributed by atoms with E-state index in [1.54, 1.807) is 0 Å². The molecular weight excluding hydrogens is 512 g/mol. The first-order valence-corrected chi connectivity index (χ1v) is 12.3. The van der Waals surface area contributed by atoms with Gasteiger partial charge in [0, 0.05) is 11.3 Å². The Bertz CT molecular complexity index is 1320. The van der Waals surface area contributed by atoms with Crippen molar-refractivity contribution < 1.29 is 14.3 Å². The Hall–Kier alpha value is -3.42. The number of carbonyl (C=O) groups is 2. The topological polar surface area (TPSA) is 81.4 Å². The molecule has 7 heteroatoms. The number of hydrogen-bond donors (Lipinski definition) is 2. The molecule has 0 aliphatic rings. The molecule has 0 radical (unpaired) electrons. The molecule has 4 rings (SSSR count). The maximum absolute atomic E-state index is 12.6. The van der Waals surface area contributed by atoms with Crippen LogP contribution in [0, 0.1) is 6.92 Å². The smallest absolute Gasteiger partial charge is 0.262 e. The van der Waals surface area contributed by atoms with Crippen molar-refractivity contribution in [1.82, 2.24) is 0 Å². The van der Waals surface area contributed by atoms with Crippen LogP contribution < -0.4 is 15.8 Å². The van der Waals surface area contributed by atoms with Crippen LogP contribution in [0.15, 0.2) is 83.3 Å². The number of benzene rings is 3. The van der Waals surface area contributed by atoms with E-state index < -0.39 is 5.91 Å². The number of nitrogens with two attached hydrogens (primary N) is 1. The fraction of sp³-hybridized carbons (Fsp3) is 0.111. The van der Waals surface area contributed by atoms with Gasteiger partial charge in [-0.15, -0.1) is 11.3 Å². The van der Waals surface area contributed by atoms with Gasteiger partial charge in [0.25, 0.3) is 11.8 Å². The van der Waals surface area contributed by atoms with Crippen LogP contribution in [0.2, 0.25) is 0 Å². The second-order valence-corrected chi connectivity index (χ2v) is 9.69. The number of amides is 2. The first-order valence-electron chi connectivity index (χ1n) is 10.7. The van der Waals surface area contributed by atoms with Gasteiger partial charge in [-0.3, -0.25) is 9.59 Å². The molecule has 0 spiro atoms. The van der Waals surface area contributed by atoms with Gasteiger partial charge in [-0.2, -0.15) is 0 Å². The average molecular weight is 535 g/mol. The Balaban J connectivity index is 1.45. The van der Waals surface area contributed by atoms with E-state index in [-0.39, 0.29) is 12.5 Å². The molecule has 0 saturated heterocycles. The minimum Gasteiger partial charge on any atom is -0.483 e. The van der Waals surface area contributed by atoms with Crippen molar-refractivity contribution in [2.45, 2.75) is 13.3 Å². The second-order valence-electron chi connectivity index (χ2n) is 7.73. The van der Waals surface area contributed by atoms with E-state index in [9.17, 15) is 9.59 Å². The van der Waals surface area contributed by atoms with Crippen LogP contribution in [0.1, 0.15) is 26.4 Å². The second kappa shape index (κ2) is 10.7. The van der Waals surface area contributed by atoms with Crippen molar-refractivity contribution in [3.63, 3.8) is 0 Å². The van der Waals surface area contributed by atoms with Crippen molar-refractivity contribution in [2.75, 3.05) is 11.9 Å². The third kappa shape index (κ3) is 5.55. The third-order valence-corrected chi connectivity index (χ3v) is 7.18. The predicted octanol–water partition coefficient (Wildman–Crippen LogP) is 6.19. The summed E-state index contributed by atoms with van der Waals surface area (Å²) in [4.78, 5) is 25.7. The van der Waals surface area contributed by atoms with E-state index in [0.29, 0.717) is 22.7 Å². The summed E-state index contributed by atoms with van der Waals surface area (Å²) in [5, 5.41) is 3.25. The summed E-state index contributed by atoms with van der Waals surface area (Å²) < 4.78 is 6.47. The number of rotatable bonds is 8. The number of nitrogens with one attached hydrogen (secondary N) is 1. The van der Waals surface area contributed by atoms with Crippen molar-refractivity contribution in [3.8, 4) is 16.9 Å². The molecular formula is C27H23BrN2O3S. The molecule has 0 aliphatic carbocycles. The molecule has 172 valence electrons. The van der Waals surface area contributed by atoms with E-state index in [1.165, 1.54) is 11.3 Å². The normalized spacial score (nSPS) is 10.6. The zero-order valence-corrected chi connectivity index (χ0v) is 20.9. The monoisotopic (exact) mass is 534 g/mol. The van der Waals surface area contributed by atoms with Crippen molar-refractivity contribution in [1.29, 1.82) is 0 Å². The number of anilines is 1. The highest BCUT2D eigenvalue weighted by atomic mass is 79.9. The molecule has 0 atom stereocenters. The Morgan fingerprint density at radius 3 is 2.29 bits per heavy atom. The SMILES string of the molecule is Cc1c(Cc2ccccc2)sc(NC(=O)COc2ccc(-c3ccccc3)cc2Br)c1C(N)=O. The lowest BCUT2D eigenvalue weighted by atomic mass is 10.1. The number of ether oxygens (including phenoxy) is 1. The first-order chi connectivity index (χ1) is 16.4. The first kappa shape index (κ1) is 23.7. The van der Waals surface area contributed by atoms with Crippen molar-refractivity contribution >= 4 is 44.1 Å². The average Bonchev–Trinajstić information content (AvgIpc) is 3.13. The predicted molar refractivity (Wildman–Crippen MR) is 141 cm³/mol. The van der Waals surface area contributed by atoms with E-state index >= 15 is 0 Å². The summed E-state index contributed by atoms with van der Waals surface area (Å²) in [6.07, 6.45) is 0.657. The van der Waals surface area contributed by atoms with E-state index in [0.717, 1.165) is 31.6 Å². The molecule has 0 fully saturated rings. The molecule has 0 aliphatic heterocycles. The zero-order valence-electron chi connectivity index (χ0n) is 18.5. The molecule has 3 N–H and O–H groups in total. The molecule has 0 bridgehead atoms.